The third-order valence-electron chi connectivity index (χ3n) is 2.43. The number of hydrogen-bond donors (Lipinski definition) is 1. The van der Waals surface area contributed by atoms with Crippen LogP contribution in [0.1, 0.15) is 11.1 Å². The van der Waals surface area contributed by atoms with E-state index in [9.17, 15) is 4.79 Å². The Morgan fingerprint density at radius 1 is 1.41 bits per heavy atom. The van der Waals surface area contributed by atoms with Crippen LogP contribution in [0.25, 0.3) is 0 Å². The molecule has 0 aliphatic carbocycles. The van der Waals surface area contributed by atoms with Gasteiger partial charge in [-0.25, -0.2) is 4.68 Å². The summed E-state index contributed by atoms with van der Waals surface area (Å²) in [6.07, 6.45) is 1.41. The first-order chi connectivity index (χ1) is 8.25. The van der Waals surface area contributed by atoms with Crippen LogP contribution in [-0.2, 0) is 17.9 Å². The van der Waals surface area contributed by atoms with Gasteiger partial charge < -0.3 is 5.32 Å². The summed E-state index contributed by atoms with van der Waals surface area (Å²) in [5.74, 6) is -0.111. The van der Waals surface area contributed by atoms with E-state index in [0.717, 1.165) is 11.1 Å². The van der Waals surface area contributed by atoms with Gasteiger partial charge in [0.1, 0.15) is 12.9 Å². The maximum absolute atomic E-state index is 11.6. The molecule has 0 aliphatic heterocycles. The first kappa shape index (κ1) is 11.3. The van der Waals surface area contributed by atoms with E-state index in [1.807, 2.05) is 31.2 Å². The van der Waals surface area contributed by atoms with Gasteiger partial charge in [-0.1, -0.05) is 24.3 Å². The van der Waals surface area contributed by atoms with E-state index in [0.29, 0.717) is 6.54 Å². The number of carbonyl (C=O) groups is 1. The third-order valence-corrected chi connectivity index (χ3v) is 2.43. The van der Waals surface area contributed by atoms with Crippen molar-refractivity contribution in [3.05, 3.63) is 41.7 Å². The van der Waals surface area contributed by atoms with Crippen LogP contribution in [0.2, 0.25) is 0 Å². The minimum atomic E-state index is -0.111. The highest BCUT2D eigenvalue weighted by Gasteiger charge is 2.04. The first-order valence-electron chi connectivity index (χ1n) is 5.27. The van der Waals surface area contributed by atoms with Crippen LogP contribution < -0.4 is 5.32 Å². The highest BCUT2D eigenvalue weighted by atomic mass is 16.2. The molecule has 0 unspecified atom stereocenters. The molecular weight excluding hydrogens is 218 g/mol. The minimum absolute atomic E-state index is 0.111. The molecule has 17 heavy (non-hydrogen) atoms. The Bertz CT molecular complexity index is 494. The normalized spacial score (nSPS) is 10.2. The van der Waals surface area contributed by atoms with Crippen molar-refractivity contribution in [2.75, 3.05) is 0 Å². The number of aryl methyl sites for hydroxylation is 1. The zero-order chi connectivity index (χ0) is 12.1. The molecule has 6 nitrogen and oxygen atoms in total. The molecule has 2 aromatic rings. The summed E-state index contributed by atoms with van der Waals surface area (Å²) < 4.78 is 1.38. The topological polar surface area (TPSA) is 72.7 Å². The minimum Gasteiger partial charge on any atom is -0.350 e. The maximum atomic E-state index is 11.6. The second-order valence-electron chi connectivity index (χ2n) is 3.71. The third kappa shape index (κ3) is 3.10. The summed E-state index contributed by atoms with van der Waals surface area (Å²) in [4.78, 5) is 11.6. The highest BCUT2D eigenvalue weighted by molar-refractivity contribution is 5.75. The number of tetrazole rings is 1. The Labute approximate surface area is 98.6 Å². The Morgan fingerprint density at radius 3 is 2.94 bits per heavy atom. The Morgan fingerprint density at radius 2 is 2.24 bits per heavy atom. The average molecular weight is 231 g/mol. The summed E-state index contributed by atoms with van der Waals surface area (Å²) >= 11 is 0. The van der Waals surface area contributed by atoms with E-state index in [4.69, 9.17) is 0 Å². The first-order valence-corrected chi connectivity index (χ1v) is 5.27. The van der Waals surface area contributed by atoms with Crippen LogP contribution in [-0.4, -0.2) is 26.1 Å². The molecule has 1 aromatic heterocycles. The van der Waals surface area contributed by atoms with Gasteiger partial charge in [0.2, 0.25) is 5.91 Å². The monoisotopic (exact) mass is 231 g/mol. The molecule has 6 heteroatoms. The largest absolute Gasteiger partial charge is 0.350 e. The highest BCUT2D eigenvalue weighted by Crippen LogP contribution is 2.05. The summed E-state index contributed by atoms with van der Waals surface area (Å²) in [7, 11) is 0. The molecule has 0 saturated carbocycles. The van der Waals surface area contributed by atoms with Crippen molar-refractivity contribution < 1.29 is 4.79 Å². The van der Waals surface area contributed by atoms with E-state index in [1.54, 1.807) is 0 Å². The fourth-order valence-corrected chi connectivity index (χ4v) is 1.46. The zero-order valence-corrected chi connectivity index (χ0v) is 9.50. The van der Waals surface area contributed by atoms with E-state index in [1.165, 1.54) is 11.0 Å². The van der Waals surface area contributed by atoms with Gasteiger partial charge in [-0.05, 0) is 28.5 Å². The Hall–Kier alpha value is -2.24. The van der Waals surface area contributed by atoms with Crippen molar-refractivity contribution in [2.24, 2.45) is 0 Å². The average Bonchev–Trinajstić information content (AvgIpc) is 2.81. The molecule has 0 spiro atoms. The number of rotatable bonds is 4. The quantitative estimate of drug-likeness (QED) is 0.821. The van der Waals surface area contributed by atoms with Crippen molar-refractivity contribution in [2.45, 2.75) is 20.0 Å². The van der Waals surface area contributed by atoms with Crippen molar-refractivity contribution in [1.82, 2.24) is 25.5 Å². The molecule has 1 N–H and O–H groups in total. The van der Waals surface area contributed by atoms with Gasteiger partial charge in [-0.3, -0.25) is 4.79 Å². The molecule has 1 aromatic carbocycles. The number of carbonyl (C=O) groups excluding carboxylic acids is 1. The van der Waals surface area contributed by atoms with Gasteiger partial charge in [0, 0.05) is 6.54 Å². The lowest BCUT2D eigenvalue weighted by molar-refractivity contribution is -0.122. The van der Waals surface area contributed by atoms with E-state index >= 15 is 0 Å². The fraction of sp³-hybridized carbons (Fsp3) is 0.273. The van der Waals surface area contributed by atoms with Crippen molar-refractivity contribution >= 4 is 5.91 Å². The molecule has 0 atom stereocenters. The van der Waals surface area contributed by atoms with Crippen LogP contribution in [0.3, 0.4) is 0 Å². The predicted octanol–water partition coefficient (Wildman–Crippen LogP) is 0.298. The summed E-state index contributed by atoms with van der Waals surface area (Å²) in [5, 5.41) is 13.4. The molecule has 2 rings (SSSR count). The summed E-state index contributed by atoms with van der Waals surface area (Å²) in [5.41, 5.74) is 2.27. The molecule has 88 valence electrons. The Balaban J connectivity index is 1.86. The molecule has 0 saturated heterocycles. The van der Waals surface area contributed by atoms with Crippen molar-refractivity contribution in [1.29, 1.82) is 0 Å². The van der Waals surface area contributed by atoms with Crippen LogP contribution in [0, 0.1) is 6.92 Å². The van der Waals surface area contributed by atoms with Gasteiger partial charge in [0.25, 0.3) is 0 Å². The Kier molecular flexibility index (Phi) is 3.44. The second-order valence-corrected chi connectivity index (χ2v) is 3.71. The number of aromatic nitrogens is 4. The lowest BCUT2D eigenvalue weighted by Gasteiger charge is -2.07. The van der Waals surface area contributed by atoms with Gasteiger partial charge >= 0.3 is 0 Å². The van der Waals surface area contributed by atoms with E-state index in [2.05, 4.69) is 20.8 Å². The fourth-order valence-electron chi connectivity index (χ4n) is 1.46. The number of benzene rings is 1. The molecule has 0 bridgehead atoms. The SMILES string of the molecule is Cc1ccccc1CNC(=O)Cn1cnnn1. The van der Waals surface area contributed by atoms with Crippen LogP contribution >= 0.6 is 0 Å². The number of hydrogen-bond acceptors (Lipinski definition) is 4. The molecule has 1 heterocycles. The van der Waals surface area contributed by atoms with Gasteiger partial charge in [0.15, 0.2) is 0 Å². The molecule has 0 radical (unpaired) electrons. The maximum Gasteiger partial charge on any atom is 0.242 e. The van der Waals surface area contributed by atoms with Crippen molar-refractivity contribution in [3.63, 3.8) is 0 Å². The van der Waals surface area contributed by atoms with Crippen LogP contribution in [0.15, 0.2) is 30.6 Å². The van der Waals surface area contributed by atoms with E-state index < -0.39 is 0 Å². The molecule has 0 fully saturated rings. The van der Waals surface area contributed by atoms with E-state index in [-0.39, 0.29) is 12.5 Å². The number of amides is 1. The number of nitrogens with zero attached hydrogens (tertiary/aromatic N) is 4. The summed E-state index contributed by atoms with van der Waals surface area (Å²) in [6.45, 7) is 2.68. The van der Waals surface area contributed by atoms with Crippen LogP contribution in [0.5, 0.6) is 0 Å². The second kappa shape index (κ2) is 5.20. The zero-order valence-electron chi connectivity index (χ0n) is 9.50. The van der Waals surface area contributed by atoms with Crippen molar-refractivity contribution in [3.8, 4) is 0 Å². The molecule has 0 aliphatic rings. The predicted molar refractivity (Wildman–Crippen MR) is 60.8 cm³/mol. The number of nitrogens with one attached hydrogen (secondary N) is 1. The lowest BCUT2D eigenvalue weighted by Crippen LogP contribution is -2.27. The molecular formula is C11H13N5O. The van der Waals surface area contributed by atoms with Gasteiger partial charge in [0.05, 0.1) is 0 Å². The standard InChI is InChI=1S/C11H13N5O/c1-9-4-2-3-5-10(9)6-12-11(17)7-16-8-13-14-15-16/h2-5,8H,6-7H2,1H3,(H,12,17). The van der Waals surface area contributed by atoms with Gasteiger partial charge in [-0.2, -0.15) is 0 Å². The molecule has 1 amide bonds. The lowest BCUT2D eigenvalue weighted by atomic mass is 10.1. The smallest absolute Gasteiger partial charge is 0.242 e. The van der Waals surface area contributed by atoms with Gasteiger partial charge in [-0.15, -0.1) is 5.10 Å². The summed E-state index contributed by atoms with van der Waals surface area (Å²) in [6, 6.07) is 7.94. The van der Waals surface area contributed by atoms with Crippen LogP contribution in [0.4, 0.5) is 0 Å².